The highest BCUT2D eigenvalue weighted by Gasteiger charge is 2.14. The van der Waals surface area contributed by atoms with Gasteiger partial charge in [0.25, 0.3) is 5.91 Å². The fraction of sp³-hybridized carbons (Fsp3) is 0.182. The lowest BCUT2D eigenvalue weighted by Crippen LogP contribution is -2.23. The molecule has 6 N–H and O–H groups in total. The minimum absolute atomic E-state index is 0.134. The highest BCUT2D eigenvalue weighted by atomic mass is 16.7. The lowest BCUT2D eigenvalue weighted by atomic mass is 10.2. The van der Waals surface area contributed by atoms with Gasteiger partial charge in [-0.05, 0) is 35.4 Å². The fourth-order valence-electron chi connectivity index (χ4n) is 3.01. The zero-order valence-electron chi connectivity index (χ0n) is 19.2. The molecule has 37 heavy (non-hydrogen) atoms. The number of amides is 1. The summed E-state index contributed by atoms with van der Waals surface area (Å²) in [5.74, 6) is 1.69. The first kappa shape index (κ1) is 24.9. The minimum atomic E-state index is -1.09. The van der Waals surface area contributed by atoms with Crippen molar-refractivity contribution < 1.29 is 33.6 Å². The number of nitrogens with zero attached hydrogens (tertiary/aromatic N) is 4. The Bertz CT molecular complexity index is 1330. The van der Waals surface area contributed by atoms with Gasteiger partial charge in [0.1, 0.15) is 12.7 Å². The maximum Gasteiger partial charge on any atom is 0.373 e. The number of carboxylic acid groups (broad SMARTS) is 1. The number of nitrogens with two attached hydrogens (primary N) is 1. The third kappa shape index (κ3) is 6.70. The van der Waals surface area contributed by atoms with Crippen LogP contribution in [0.25, 0.3) is 0 Å². The van der Waals surface area contributed by atoms with E-state index in [0.717, 1.165) is 34.7 Å². The van der Waals surface area contributed by atoms with Gasteiger partial charge in [0.05, 0.1) is 0 Å². The number of aromatic nitrogens is 6. The number of H-pyrrole nitrogens is 2. The maximum absolute atomic E-state index is 11.6. The number of carbonyl (C=O) groups excluding carboxylic acids is 1. The van der Waals surface area contributed by atoms with Crippen molar-refractivity contribution in [2.75, 3.05) is 13.6 Å². The van der Waals surface area contributed by atoms with E-state index in [9.17, 15) is 9.59 Å². The number of nitrogens with one attached hydrogen (secondary N) is 3. The summed E-state index contributed by atoms with van der Waals surface area (Å²) in [5.41, 5.74) is 7.43. The van der Waals surface area contributed by atoms with Crippen molar-refractivity contribution in [2.24, 2.45) is 5.73 Å². The molecule has 0 radical (unpaired) electrons. The lowest BCUT2D eigenvalue weighted by Gasteiger charge is -2.04. The fourth-order valence-corrected chi connectivity index (χ4v) is 3.01. The van der Waals surface area contributed by atoms with E-state index in [0.29, 0.717) is 25.6 Å². The first-order valence-corrected chi connectivity index (χ1v) is 10.7. The Morgan fingerprint density at radius 1 is 0.838 bits per heavy atom. The molecule has 0 fully saturated rings. The highest BCUT2D eigenvalue weighted by molar-refractivity contribution is 5.90. The molecular weight excluding hydrogens is 488 g/mol. The molecule has 6 rings (SSSR count). The zero-order valence-corrected chi connectivity index (χ0v) is 19.2. The Kier molecular flexibility index (Phi) is 8.07. The summed E-state index contributed by atoms with van der Waals surface area (Å²) in [4.78, 5) is 28.7. The first-order valence-electron chi connectivity index (χ1n) is 10.7. The van der Waals surface area contributed by atoms with E-state index in [-0.39, 0.29) is 24.3 Å². The van der Waals surface area contributed by atoms with Crippen molar-refractivity contribution in [3.63, 3.8) is 0 Å². The summed E-state index contributed by atoms with van der Waals surface area (Å²) in [6, 6.07) is 11.2. The number of hydrogen-bond donors (Lipinski definition) is 5. The number of carbonyl (C=O) groups is 2. The molecule has 1 amide bonds. The standard InChI is InChI=1S/C11H10N4O3.C8H9NO2.C3H3N3O2/c16-11(10-13-5-14-15-10)12-4-7-1-2-8-9(3-7)18-6-17-8;9-4-6-1-2-7-8(3-6)11-5-10-7;7-3(8)2-4-1-5-6-2/h1-3,5H,4,6H2,(H,12,16)(H,13,14,15);1-3H,4-5,9H2;1H,(H,7,8)(H,4,5,6). The van der Waals surface area contributed by atoms with Gasteiger partial charge in [0, 0.05) is 13.1 Å². The zero-order chi connectivity index (χ0) is 26.0. The van der Waals surface area contributed by atoms with E-state index in [1.54, 1.807) is 0 Å². The Morgan fingerprint density at radius 3 is 1.89 bits per heavy atom. The number of rotatable bonds is 5. The van der Waals surface area contributed by atoms with E-state index in [2.05, 4.69) is 35.7 Å². The smallest absolute Gasteiger partial charge is 0.373 e. The van der Waals surface area contributed by atoms with Crippen LogP contribution < -0.4 is 30.0 Å². The number of hydrogen-bond acceptors (Lipinski definition) is 11. The molecule has 2 aliphatic heterocycles. The van der Waals surface area contributed by atoms with E-state index in [1.165, 1.54) is 6.33 Å². The van der Waals surface area contributed by atoms with Gasteiger partial charge in [-0.2, -0.15) is 10.2 Å². The van der Waals surface area contributed by atoms with Crippen molar-refractivity contribution in [3.05, 3.63) is 71.8 Å². The number of fused-ring (bicyclic) bond motifs is 2. The molecule has 0 unspecified atom stereocenters. The summed E-state index contributed by atoms with van der Waals surface area (Å²) < 4.78 is 20.8. The molecule has 15 heteroatoms. The molecular formula is C22H22N8O7. The van der Waals surface area contributed by atoms with Crippen LogP contribution in [0.4, 0.5) is 0 Å². The topological polar surface area (TPSA) is 212 Å². The van der Waals surface area contributed by atoms with Gasteiger partial charge >= 0.3 is 5.97 Å². The summed E-state index contributed by atoms with van der Waals surface area (Å²) >= 11 is 0. The summed E-state index contributed by atoms with van der Waals surface area (Å²) in [6.45, 7) is 1.49. The average Bonchev–Trinajstić information content (AvgIpc) is 3.74. The molecule has 0 saturated carbocycles. The molecule has 15 nitrogen and oxygen atoms in total. The third-order valence-corrected chi connectivity index (χ3v) is 4.81. The van der Waals surface area contributed by atoms with Crippen LogP contribution >= 0.6 is 0 Å². The molecule has 2 aromatic heterocycles. The van der Waals surface area contributed by atoms with E-state index >= 15 is 0 Å². The molecule has 0 atom stereocenters. The van der Waals surface area contributed by atoms with E-state index in [4.69, 9.17) is 29.8 Å². The second-order valence-corrected chi connectivity index (χ2v) is 7.24. The second-order valence-electron chi connectivity index (χ2n) is 7.24. The molecule has 0 spiro atoms. The van der Waals surface area contributed by atoms with Crippen molar-refractivity contribution >= 4 is 11.9 Å². The van der Waals surface area contributed by atoms with Gasteiger partial charge < -0.3 is 35.1 Å². The third-order valence-electron chi connectivity index (χ3n) is 4.81. The Labute approximate surface area is 208 Å². The molecule has 0 aliphatic carbocycles. The number of aromatic carboxylic acids is 1. The Hall–Kier alpha value is -5.18. The minimum Gasteiger partial charge on any atom is -0.475 e. The number of ether oxygens (including phenoxy) is 4. The second kappa shape index (κ2) is 12.0. The van der Waals surface area contributed by atoms with Crippen LogP contribution in [0.2, 0.25) is 0 Å². The molecule has 2 aromatic carbocycles. The van der Waals surface area contributed by atoms with Crippen molar-refractivity contribution in [3.8, 4) is 23.0 Å². The van der Waals surface area contributed by atoms with Crippen molar-refractivity contribution in [2.45, 2.75) is 13.1 Å². The van der Waals surface area contributed by atoms with Crippen LogP contribution in [0.1, 0.15) is 32.4 Å². The van der Waals surface area contributed by atoms with Crippen LogP contribution in [0.15, 0.2) is 49.1 Å². The normalized spacial score (nSPS) is 12.0. The molecule has 4 heterocycles. The monoisotopic (exact) mass is 510 g/mol. The number of carboxylic acids is 1. The van der Waals surface area contributed by atoms with Crippen LogP contribution in [-0.4, -0.2) is 60.9 Å². The van der Waals surface area contributed by atoms with Crippen molar-refractivity contribution in [1.82, 2.24) is 35.7 Å². The summed E-state index contributed by atoms with van der Waals surface area (Å²) in [5, 5.41) is 22.5. The quantitative estimate of drug-likeness (QED) is 0.253. The van der Waals surface area contributed by atoms with Crippen molar-refractivity contribution in [1.29, 1.82) is 0 Å². The maximum atomic E-state index is 11.6. The van der Waals surface area contributed by atoms with Gasteiger partial charge in [-0.25, -0.2) is 14.8 Å². The predicted molar refractivity (Wildman–Crippen MR) is 124 cm³/mol. The molecule has 192 valence electrons. The SMILES string of the molecule is NCc1ccc2c(c1)OCO2.O=C(NCc1ccc2c(c1)OCO2)c1ncn[nH]1.O=C(O)c1ncn[nH]1. The van der Waals surface area contributed by atoms with E-state index < -0.39 is 5.97 Å². The predicted octanol–water partition coefficient (Wildman–Crippen LogP) is 0.840. The van der Waals surface area contributed by atoms with Gasteiger partial charge in [-0.3, -0.25) is 15.0 Å². The van der Waals surface area contributed by atoms with Crippen LogP contribution in [-0.2, 0) is 13.1 Å². The highest BCUT2D eigenvalue weighted by Crippen LogP contribution is 2.33. The number of aromatic amines is 2. The van der Waals surface area contributed by atoms with Gasteiger partial charge in [-0.1, -0.05) is 12.1 Å². The van der Waals surface area contributed by atoms with Gasteiger partial charge in [-0.15, -0.1) is 0 Å². The summed E-state index contributed by atoms with van der Waals surface area (Å²) in [7, 11) is 0. The largest absolute Gasteiger partial charge is 0.475 e. The molecule has 0 saturated heterocycles. The lowest BCUT2D eigenvalue weighted by molar-refractivity contribution is 0.0683. The van der Waals surface area contributed by atoms with Crippen LogP contribution in [0.3, 0.4) is 0 Å². The Balaban J connectivity index is 0.000000143. The van der Waals surface area contributed by atoms with Crippen LogP contribution in [0.5, 0.6) is 23.0 Å². The molecule has 2 aliphatic rings. The van der Waals surface area contributed by atoms with E-state index in [1.807, 2.05) is 36.4 Å². The molecule has 4 aromatic rings. The first-order chi connectivity index (χ1) is 18.0. The summed E-state index contributed by atoms with van der Waals surface area (Å²) in [6.07, 6.45) is 2.43. The molecule has 0 bridgehead atoms. The average molecular weight is 510 g/mol. The Morgan fingerprint density at radius 2 is 1.38 bits per heavy atom. The van der Waals surface area contributed by atoms with Gasteiger partial charge in [0.2, 0.25) is 25.2 Å². The number of benzene rings is 2. The van der Waals surface area contributed by atoms with Gasteiger partial charge in [0.15, 0.2) is 23.0 Å². The van der Waals surface area contributed by atoms with Crippen LogP contribution in [0, 0.1) is 0 Å².